The lowest BCUT2D eigenvalue weighted by molar-refractivity contribution is 0.0526. The first-order valence-electron chi connectivity index (χ1n) is 7.26. The second-order valence-corrected chi connectivity index (χ2v) is 4.55. The molecule has 0 aliphatic rings. The summed E-state index contributed by atoms with van der Waals surface area (Å²) in [7, 11) is 0. The van der Waals surface area contributed by atoms with Gasteiger partial charge in [0.05, 0.1) is 6.61 Å². The molecule has 0 fully saturated rings. The molecule has 0 radical (unpaired) electrons. The molecule has 2 aromatic heterocycles. The third kappa shape index (κ3) is 5.24. The van der Waals surface area contributed by atoms with Crippen molar-refractivity contribution in [1.29, 1.82) is 0 Å². The summed E-state index contributed by atoms with van der Waals surface area (Å²) in [6.45, 7) is 4.01. The first kappa shape index (κ1) is 18.9. The minimum Gasteiger partial charge on any atom is -0.478 e. The molecule has 0 spiro atoms. The number of aryl methyl sites for hydroxylation is 1. The van der Waals surface area contributed by atoms with Crippen LogP contribution in [0.1, 0.15) is 40.3 Å². The SMILES string of the molecule is CCOC(=O)c1cccnc1N.CCc1ccc(C(=O)O)c(N)n1. The van der Waals surface area contributed by atoms with Crippen molar-refractivity contribution in [3.63, 3.8) is 0 Å². The molecule has 0 aliphatic carbocycles. The summed E-state index contributed by atoms with van der Waals surface area (Å²) in [6.07, 6.45) is 2.28. The number of carboxylic acids is 1. The first-order chi connectivity index (χ1) is 11.4. The Kier molecular flexibility index (Phi) is 7.15. The molecule has 5 N–H and O–H groups in total. The van der Waals surface area contributed by atoms with E-state index in [4.69, 9.17) is 21.3 Å². The molecular formula is C16H20N4O4. The van der Waals surface area contributed by atoms with Crippen LogP contribution in [0.25, 0.3) is 0 Å². The first-order valence-corrected chi connectivity index (χ1v) is 7.26. The summed E-state index contributed by atoms with van der Waals surface area (Å²) >= 11 is 0. The molecule has 0 aromatic carbocycles. The van der Waals surface area contributed by atoms with Crippen molar-refractivity contribution in [3.05, 3.63) is 47.3 Å². The number of esters is 1. The highest BCUT2D eigenvalue weighted by molar-refractivity contribution is 5.94. The molecule has 8 nitrogen and oxygen atoms in total. The third-order valence-electron chi connectivity index (χ3n) is 2.91. The molecule has 0 atom stereocenters. The van der Waals surface area contributed by atoms with Crippen LogP contribution >= 0.6 is 0 Å². The number of carbonyl (C=O) groups is 2. The highest BCUT2D eigenvalue weighted by atomic mass is 16.5. The smallest absolute Gasteiger partial charge is 0.341 e. The summed E-state index contributed by atoms with van der Waals surface area (Å²) in [4.78, 5) is 29.3. The van der Waals surface area contributed by atoms with Crippen molar-refractivity contribution in [1.82, 2.24) is 9.97 Å². The van der Waals surface area contributed by atoms with Gasteiger partial charge in [-0.25, -0.2) is 19.6 Å². The van der Waals surface area contributed by atoms with Gasteiger partial charge in [-0.05, 0) is 37.6 Å². The zero-order valence-electron chi connectivity index (χ0n) is 13.5. The molecule has 2 heterocycles. The maximum absolute atomic E-state index is 11.1. The molecule has 0 aliphatic heterocycles. The maximum Gasteiger partial charge on any atom is 0.341 e. The Morgan fingerprint density at radius 2 is 1.83 bits per heavy atom. The molecule has 8 heteroatoms. The average molecular weight is 332 g/mol. The minimum absolute atomic E-state index is 0.0622. The standard InChI is InChI=1S/2C8H10N2O2/c1-2-12-8(11)6-4-3-5-10-7(6)9;1-2-5-3-4-6(8(11)12)7(9)10-5/h3-5H,2H2,1H3,(H2,9,10);3-4H,2H2,1H3,(H2,9,10)(H,11,12). The second kappa shape index (κ2) is 9.09. The summed E-state index contributed by atoms with van der Waals surface area (Å²) in [6, 6.07) is 6.37. The number of carbonyl (C=O) groups excluding carboxylic acids is 1. The van der Waals surface area contributed by atoms with Crippen LogP contribution in [-0.2, 0) is 11.2 Å². The van der Waals surface area contributed by atoms with Crippen LogP contribution < -0.4 is 11.5 Å². The Morgan fingerprint density at radius 1 is 1.12 bits per heavy atom. The van der Waals surface area contributed by atoms with E-state index < -0.39 is 11.9 Å². The topological polar surface area (TPSA) is 141 Å². The number of ether oxygens (including phenoxy) is 1. The van der Waals surface area contributed by atoms with Gasteiger partial charge in [0.2, 0.25) is 0 Å². The molecule has 0 saturated heterocycles. The molecule has 0 unspecified atom stereocenters. The van der Waals surface area contributed by atoms with Crippen LogP contribution in [0, 0.1) is 0 Å². The lowest BCUT2D eigenvalue weighted by atomic mass is 10.2. The molecule has 0 bridgehead atoms. The molecule has 24 heavy (non-hydrogen) atoms. The number of nitrogen functional groups attached to an aromatic ring is 2. The van der Waals surface area contributed by atoms with Crippen molar-refractivity contribution in [2.24, 2.45) is 0 Å². The normalized spacial score (nSPS) is 9.58. The van der Waals surface area contributed by atoms with E-state index in [0.29, 0.717) is 12.2 Å². The largest absolute Gasteiger partial charge is 0.478 e. The van der Waals surface area contributed by atoms with Crippen molar-refractivity contribution < 1.29 is 19.4 Å². The van der Waals surface area contributed by atoms with E-state index >= 15 is 0 Å². The Labute approximate surface area is 139 Å². The molecular weight excluding hydrogens is 312 g/mol. The quantitative estimate of drug-likeness (QED) is 0.719. The van der Waals surface area contributed by atoms with E-state index in [1.54, 1.807) is 25.1 Å². The Balaban J connectivity index is 0.000000240. The Morgan fingerprint density at radius 3 is 2.33 bits per heavy atom. The predicted octanol–water partition coefficient (Wildman–Crippen LogP) is 1.76. The van der Waals surface area contributed by atoms with Gasteiger partial charge in [0.15, 0.2) is 0 Å². The molecule has 2 rings (SSSR count). The zero-order valence-corrected chi connectivity index (χ0v) is 13.5. The molecule has 128 valence electrons. The summed E-state index contributed by atoms with van der Waals surface area (Å²) in [5, 5.41) is 8.61. The molecule has 2 aromatic rings. The van der Waals surface area contributed by atoms with Crippen LogP contribution in [0.3, 0.4) is 0 Å². The van der Waals surface area contributed by atoms with E-state index in [9.17, 15) is 9.59 Å². The number of aromatic carboxylic acids is 1. The van der Waals surface area contributed by atoms with E-state index in [0.717, 1.165) is 12.1 Å². The summed E-state index contributed by atoms with van der Waals surface area (Å²) in [5.41, 5.74) is 12.0. The third-order valence-corrected chi connectivity index (χ3v) is 2.91. The van der Waals surface area contributed by atoms with Crippen molar-refractivity contribution in [2.45, 2.75) is 20.3 Å². The fourth-order valence-corrected chi connectivity index (χ4v) is 1.69. The summed E-state index contributed by atoms with van der Waals surface area (Å²) < 4.78 is 4.75. The highest BCUT2D eigenvalue weighted by Crippen LogP contribution is 2.10. The van der Waals surface area contributed by atoms with E-state index in [-0.39, 0.29) is 17.2 Å². The van der Waals surface area contributed by atoms with Gasteiger partial charge in [-0.3, -0.25) is 0 Å². The van der Waals surface area contributed by atoms with E-state index in [1.807, 2.05) is 6.92 Å². The highest BCUT2D eigenvalue weighted by Gasteiger charge is 2.09. The number of hydrogen-bond donors (Lipinski definition) is 3. The van der Waals surface area contributed by atoms with Gasteiger partial charge in [0.1, 0.15) is 22.8 Å². The number of rotatable bonds is 4. The van der Waals surface area contributed by atoms with Gasteiger partial charge in [-0.15, -0.1) is 0 Å². The molecule has 0 saturated carbocycles. The fourth-order valence-electron chi connectivity index (χ4n) is 1.69. The number of carboxylic acid groups (broad SMARTS) is 1. The van der Waals surface area contributed by atoms with Gasteiger partial charge in [0.25, 0.3) is 0 Å². The Bertz CT molecular complexity index is 719. The van der Waals surface area contributed by atoms with Gasteiger partial charge < -0.3 is 21.3 Å². The van der Waals surface area contributed by atoms with E-state index in [1.165, 1.54) is 12.3 Å². The van der Waals surface area contributed by atoms with Gasteiger partial charge in [-0.1, -0.05) is 6.92 Å². The van der Waals surface area contributed by atoms with Crippen LogP contribution in [0.15, 0.2) is 30.5 Å². The van der Waals surface area contributed by atoms with Gasteiger partial charge >= 0.3 is 11.9 Å². The maximum atomic E-state index is 11.1. The van der Waals surface area contributed by atoms with Crippen molar-refractivity contribution >= 4 is 23.6 Å². The van der Waals surface area contributed by atoms with Crippen molar-refractivity contribution in [3.8, 4) is 0 Å². The number of nitrogens with zero attached hydrogens (tertiary/aromatic N) is 2. The Hall–Kier alpha value is -3.16. The van der Waals surface area contributed by atoms with Crippen LogP contribution in [0.2, 0.25) is 0 Å². The van der Waals surface area contributed by atoms with Gasteiger partial charge in [-0.2, -0.15) is 0 Å². The number of pyridine rings is 2. The lowest BCUT2D eigenvalue weighted by Gasteiger charge is -2.02. The zero-order chi connectivity index (χ0) is 18.1. The van der Waals surface area contributed by atoms with Crippen LogP contribution in [0.5, 0.6) is 0 Å². The number of nitrogens with two attached hydrogens (primary N) is 2. The fraction of sp³-hybridized carbons (Fsp3) is 0.250. The number of hydrogen-bond acceptors (Lipinski definition) is 7. The number of anilines is 2. The second-order valence-electron chi connectivity index (χ2n) is 4.55. The lowest BCUT2D eigenvalue weighted by Crippen LogP contribution is -2.08. The van der Waals surface area contributed by atoms with Crippen LogP contribution in [0.4, 0.5) is 11.6 Å². The number of aromatic nitrogens is 2. The minimum atomic E-state index is -1.04. The van der Waals surface area contributed by atoms with Gasteiger partial charge in [0, 0.05) is 11.9 Å². The predicted molar refractivity (Wildman–Crippen MR) is 89.6 cm³/mol. The van der Waals surface area contributed by atoms with E-state index in [2.05, 4.69) is 9.97 Å². The monoisotopic (exact) mass is 332 g/mol. The summed E-state index contributed by atoms with van der Waals surface area (Å²) in [5.74, 6) is -1.18. The van der Waals surface area contributed by atoms with Crippen molar-refractivity contribution in [2.75, 3.05) is 18.1 Å². The molecule has 0 amide bonds. The average Bonchev–Trinajstić information content (AvgIpc) is 2.55. The van der Waals surface area contributed by atoms with Crippen LogP contribution in [-0.4, -0.2) is 33.6 Å².